The second kappa shape index (κ2) is 23.6. The number of methoxy groups -OCH3 is 2. The lowest BCUT2D eigenvalue weighted by molar-refractivity contribution is -0.384. The number of carbonyl (C=O) groups is 3. The van der Waals surface area contributed by atoms with Crippen LogP contribution in [0.3, 0.4) is 0 Å². The Kier molecular flexibility index (Phi) is 17.3. The van der Waals surface area contributed by atoms with Crippen molar-refractivity contribution < 1.29 is 72.2 Å². The minimum absolute atomic E-state index is 0.0130. The number of rotatable bonds is 14. The summed E-state index contributed by atoms with van der Waals surface area (Å²) in [6, 6.07) is 2.24. The number of ether oxygens (including phenoxy) is 9. The molecule has 4 aliphatic heterocycles. The van der Waals surface area contributed by atoms with Crippen molar-refractivity contribution in [1.82, 2.24) is 25.0 Å². The molecule has 2 N–H and O–H groups in total. The highest BCUT2D eigenvalue weighted by molar-refractivity contribution is 5.98. The fourth-order valence-electron chi connectivity index (χ4n) is 11.1. The third-order valence-corrected chi connectivity index (χ3v) is 15.4. The molecule has 1 aromatic carbocycles. The van der Waals surface area contributed by atoms with Crippen LogP contribution in [0.4, 0.5) is 5.69 Å². The quantitative estimate of drug-likeness (QED) is 0.0551. The minimum Gasteiger partial charge on any atom is -0.493 e. The van der Waals surface area contributed by atoms with Crippen LogP contribution in [0.15, 0.2) is 65.4 Å². The molecule has 8 rings (SSSR count). The second-order valence-electron chi connectivity index (χ2n) is 20.8. The van der Waals surface area contributed by atoms with E-state index in [-0.39, 0.29) is 84.1 Å². The molecule has 416 valence electrons. The number of nitro benzene ring substituents is 1. The van der Waals surface area contributed by atoms with Gasteiger partial charge in [0, 0.05) is 31.2 Å². The SMILES string of the molecule is CCOC(=O)c1c(C)nc(OCc2cn(CC(=O)O[C@@H]3/C(C)=C/C[C@@H]4C[C@@H](C[C@]5(CC[C@H](C)[C@@H]([C@@H](C)CC)O5)O4)OC(=O)[C@@H]4C=C(C)[C@@H](O)[C@H]5OC/C(=C\C=C\[C@@H]3C)[C@]54O)nn2)nc1-c1cc(OC)c(OC)cc1[N+](=O)[O-]. The Balaban J connectivity index is 1.04. The van der Waals surface area contributed by atoms with Crippen LogP contribution < -0.4 is 14.2 Å². The minimum atomic E-state index is -1.91. The fourth-order valence-corrected chi connectivity index (χ4v) is 11.1. The maximum Gasteiger partial charge on any atom is 0.342 e. The normalized spacial score (nSPS) is 31.5. The van der Waals surface area contributed by atoms with Gasteiger partial charge < -0.3 is 52.8 Å². The topological polar surface area (TPSA) is 274 Å². The summed E-state index contributed by atoms with van der Waals surface area (Å²) < 4.78 is 55.7. The van der Waals surface area contributed by atoms with Crippen molar-refractivity contribution in [2.45, 2.75) is 155 Å². The number of nitro groups is 1. The average Bonchev–Trinajstić information content (AvgIpc) is 4.06. The van der Waals surface area contributed by atoms with E-state index < -0.39 is 82.3 Å². The zero-order valence-electron chi connectivity index (χ0n) is 45.3. The lowest BCUT2D eigenvalue weighted by Gasteiger charge is -2.51. The van der Waals surface area contributed by atoms with Crippen LogP contribution in [-0.4, -0.2) is 133 Å². The molecule has 1 spiro atoms. The van der Waals surface area contributed by atoms with Gasteiger partial charge in [-0.2, -0.15) is 9.97 Å². The lowest BCUT2D eigenvalue weighted by Crippen LogP contribution is -2.58. The van der Waals surface area contributed by atoms with Crippen LogP contribution >= 0.6 is 0 Å². The molecule has 22 heteroatoms. The number of esters is 3. The highest BCUT2D eigenvalue weighted by Crippen LogP contribution is 2.48. The van der Waals surface area contributed by atoms with E-state index >= 15 is 0 Å². The Labute approximate surface area is 446 Å². The second-order valence-corrected chi connectivity index (χ2v) is 20.8. The van der Waals surface area contributed by atoms with E-state index in [1.165, 1.54) is 38.1 Å². The molecule has 0 saturated carbocycles. The number of aliphatic hydroxyl groups excluding tert-OH is 1. The Morgan fingerprint density at radius 3 is 2.52 bits per heavy atom. The molecule has 3 saturated heterocycles. The van der Waals surface area contributed by atoms with E-state index in [1.807, 2.05) is 26.0 Å². The van der Waals surface area contributed by atoms with E-state index in [4.69, 9.17) is 42.6 Å². The first-order valence-corrected chi connectivity index (χ1v) is 26.2. The van der Waals surface area contributed by atoms with Crippen LogP contribution in [-0.2, 0) is 51.2 Å². The third kappa shape index (κ3) is 11.8. The summed E-state index contributed by atoms with van der Waals surface area (Å²) in [6.45, 7) is 14.5. The standard InChI is InChI=1S/C55H70N6O16/c1-11-29(3)49-32(6)18-19-54(77-49)24-38-21-37(76-54)17-16-31(5)48(30(4)14-13-15-35-27-72-50-47(63)33(7)20-40(51(64)74-38)55(35,50)66)75-44(62)26-60-25-36(58-59-60)28-73-53-56-34(8)45(52(65)71-12-2)46(57-53)39-22-42(69-9)43(70-10)23-41(39)61(67)68/h13-16,20,22-23,25,29-30,32,37-38,40,47-50,63,66H,11-12,17-19,21,24,26-28H2,1-10H3/b14-13+,31-16+,35-15+/t29-,30-,32-,37+,38-,40-,47+,48-,49+,50+,54+,55+/m0/s1. The number of fused-ring (bicyclic) bond motifs is 2. The fraction of sp³-hybridized carbons (Fsp3) is 0.582. The van der Waals surface area contributed by atoms with E-state index in [1.54, 1.807) is 32.1 Å². The van der Waals surface area contributed by atoms with Crippen molar-refractivity contribution in [1.29, 1.82) is 0 Å². The summed E-state index contributed by atoms with van der Waals surface area (Å²) in [5.74, 6) is -3.92. The van der Waals surface area contributed by atoms with Gasteiger partial charge in [-0.1, -0.05) is 69.7 Å². The number of aromatic nitrogens is 5. The van der Waals surface area contributed by atoms with Gasteiger partial charge in [-0.25, -0.2) is 9.48 Å². The summed E-state index contributed by atoms with van der Waals surface area (Å²) in [5, 5.41) is 44.4. The number of aryl methyl sites for hydroxylation is 1. The predicted molar refractivity (Wildman–Crippen MR) is 274 cm³/mol. The molecule has 3 fully saturated rings. The van der Waals surface area contributed by atoms with Gasteiger partial charge in [0.25, 0.3) is 5.69 Å². The number of nitrogens with zero attached hydrogens (tertiary/aromatic N) is 6. The predicted octanol–water partition coefficient (Wildman–Crippen LogP) is 6.82. The van der Waals surface area contributed by atoms with E-state index in [9.17, 15) is 34.7 Å². The van der Waals surface area contributed by atoms with E-state index in [0.29, 0.717) is 42.7 Å². The first kappa shape index (κ1) is 56.6. The molecular formula is C55H70N6O16. The number of carbonyl (C=O) groups excluding carboxylic acids is 3. The Morgan fingerprint density at radius 1 is 1.05 bits per heavy atom. The number of aliphatic hydroxyl groups is 2. The molecular weight excluding hydrogens is 1000 g/mol. The average molecular weight is 1070 g/mol. The van der Waals surface area contributed by atoms with Crippen LogP contribution in [0.2, 0.25) is 0 Å². The summed E-state index contributed by atoms with van der Waals surface area (Å²) >= 11 is 0. The molecule has 0 radical (unpaired) electrons. The van der Waals surface area contributed by atoms with Gasteiger partial charge in [-0.05, 0) is 69.1 Å². The van der Waals surface area contributed by atoms with Crippen molar-refractivity contribution in [3.63, 3.8) is 0 Å². The molecule has 3 aromatic rings. The molecule has 1 aliphatic carbocycles. The first-order valence-electron chi connectivity index (χ1n) is 26.2. The molecule has 22 nitrogen and oxygen atoms in total. The van der Waals surface area contributed by atoms with Crippen molar-refractivity contribution in [2.24, 2.45) is 23.7 Å². The lowest BCUT2D eigenvalue weighted by atomic mass is 9.71. The molecule has 0 amide bonds. The Morgan fingerprint density at radius 2 is 1.81 bits per heavy atom. The number of hydrogen-bond donors (Lipinski definition) is 2. The highest BCUT2D eigenvalue weighted by atomic mass is 16.7. The van der Waals surface area contributed by atoms with Gasteiger partial charge in [0.1, 0.15) is 60.3 Å². The van der Waals surface area contributed by atoms with E-state index in [2.05, 4.69) is 41.1 Å². The zero-order chi connectivity index (χ0) is 55.5. The molecule has 2 bridgehead atoms. The largest absolute Gasteiger partial charge is 0.493 e. The molecule has 2 aromatic heterocycles. The van der Waals surface area contributed by atoms with Gasteiger partial charge in [0.05, 0.1) is 73.8 Å². The molecule has 6 heterocycles. The first-order chi connectivity index (χ1) is 36.7. The zero-order valence-corrected chi connectivity index (χ0v) is 45.3. The van der Waals surface area contributed by atoms with Crippen LogP contribution in [0.25, 0.3) is 11.3 Å². The van der Waals surface area contributed by atoms with Crippen molar-refractivity contribution in [3.8, 4) is 28.8 Å². The van der Waals surface area contributed by atoms with Gasteiger partial charge in [-0.3, -0.25) is 19.7 Å². The van der Waals surface area contributed by atoms with E-state index in [0.717, 1.165) is 24.5 Å². The van der Waals surface area contributed by atoms with Crippen molar-refractivity contribution in [2.75, 3.05) is 27.4 Å². The number of hydrogen-bond acceptors (Lipinski definition) is 20. The van der Waals surface area contributed by atoms with Crippen molar-refractivity contribution >= 4 is 23.6 Å². The third-order valence-electron chi connectivity index (χ3n) is 15.4. The molecule has 5 aliphatic rings. The molecule has 77 heavy (non-hydrogen) atoms. The summed E-state index contributed by atoms with van der Waals surface area (Å²) in [6.07, 6.45) is 9.43. The Bertz CT molecular complexity index is 2840. The molecule has 12 atom stereocenters. The van der Waals surface area contributed by atoms with Crippen molar-refractivity contribution in [3.05, 3.63) is 92.5 Å². The Hall–Kier alpha value is -6.59. The van der Waals surface area contributed by atoms with Crippen LogP contribution in [0.1, 0.15) is 109 Å². The molecule has 0 unspecified atom stereocenters. The maximum absolute atomic E-state index is 14.4. The van der Waals surface area contributed by atoms with Gasteiger partial charge >= 0.3 is 23.9 Å². The van der Waals surface area contributed by atoms with Crippen LogP contribution in [0, 0.1) is 40.7 Å². The van der Waals surface area contributed by atoms with Gasteiger partial charge in [0.15, 0.2) is 17.3 Å². The van der Waals surface area contributed by atoms with Gasteiger partial charge in [-0.15, -0.1) is 5.10 Å². The number of benzene rings is 1. The summed E-state index contributed by atoms with van der Waals surface area (Å²) in [7, 11) is 2.70. The maximum atomic E-state index is 14.4. The number of allylic oxidation sites excluding steroid dienone is 2. The smallest absolute Gasteiger partial charge is 0.342 e. The van der Waals surface area contributed by atoms with Gasteiger partial charge in [0.2, 0.25) is 0 Å². The summed E-state index contributed by atoms with van der Waals surface area (Å²) in [4.78, 5) is 62.1. The highest BCUT2D eigenvalue weighted by Gasteiger charge is 2.60. The van der Waals surface area contributed by atoms with Crippen LogP contribution in [0.5, 0.6) is 17.5 Å². The summed E-state index contributed by atoms with van der Waals surface area (Å²) in [5.41, 5.74) is -0.703. The monoisotopic (exact) mass is 1070 g/mol.